The highest BCUT2D eigenvalue weighted by molar-refractivity contribution is 6.05. The van der Waals surface area contributed by atoms with Crippen LogP contribution in [0.25, 0.3) is 0 Å². The molecule has 0 aromatic heterocycles. The smallest absolute Gasteiger partial charge is 0.374 e. The van der Waals surface area contributed by atoms with Crippen molar-refractivity contribution in [3.8, 4) is 11.5 Å². The summed E-state index contributed by atoms with van der Waals surface area (Å²) in [5, 5.41) is 2.75. The molecule has 182 valence electrons. The molecule has 0 heterocycles. The molecule has 0 aliphatic heterocycles. The summed E-state index contributed by atoms with van der Waals surface area (Å²) >= 11 is 0. The Bertz CT molecular complexity index is 983. The van der Waals surface area contributed by atoms with Crippen LogP contribution < -0.4 is 14.8 Å². The summed E-state index contributed by atoms with van der Waals surface area (Å²) in [6.45, 7) is 2.82. The van der Waals surface area contributed by atoms with Crippen molar-refractivity contribution in [1.82, 2.24) is 0 Å². The maximum Gasteiger partial charge on any atom is 0.374 e. The van der Waals surface area contributed by atoms with Gasteiger partial charge >= 0.3 is 11.9 Å². The van der Waals surface area contributed by atoms with E-state index in [4.69, 9.17) is 9.47 Å². The van der Waals surface area contributed by atoms with Crippen LogP contribution in [-0.2, 0) is 19.1 Å². The monoisotopic (exact) mass is 469 g/mol. The van der Waals surface area contributed by atoms with Crippen molar-refractivity contribution in [2.24, 2.45) is 0 Å². The number of unbranched alkanes of at least 4 members (excludes halogenated alkanes) is 4. The van der Waals surface area contributed by atoms with Crippen molar-refractivity contribution in [2.45, 2.75) is 39.0 Å². The Balaban J connectivity index is 2.03. The number of carbonyl (C=O) groups is 3. The molecule has 0 fully saturated rings. The summed E-state index contributed by atoms with van der Waals surface area (Å²) in [6.07, 6.45) is 6.66. The van der Waals surface area contributed by atoms with E-state index in [0.717, 1.165) is 26.0 Å². The maximum absolute atomic E-state index is 12.8. The summed E-state index contributed by atoms with van der Waals surface area (Å²) in [7, 11) is 2.33. The van der Waals surface area contributed by atoms with Crippen molar-refractivity contribution in [3.63, 3.8) is 0 Å². The van der Waals surface area contributed by atoms with Crippen molar-refractivity contribution in [3.05, 3.63) is 65.9 Å². The maximum atomic E-state index is 12.8. The van der Waals surface area contributed by atoms with Gasteiger partial charge in [0.15, 0.2) is 5.75 Å². The fraction of sp³-hybridized carbons (Fsp3) is 0.346. The minimum atomic E-state index is -0.868. The van der Waals surface area contributed by atoms with Gasteiger partial charge in [0.05, 0.1) is 32.6 Å². The molecule has 1 amide bonds. The van der Waals surface area contributed by atoms with Gasteiger partial charge in [0.2, 0.25) is 5.76 Å². The molecule has 8 nitrogen and oxygen atoms in total. The van der Waals surface area contributed by atoms with E-state index in [2.05, 4.69) is 21.7 Å². The number of methoxy groups -OCH3 is 2. The normalized spacial score (nSPS) is 10.9. The zero-order valence-electron chi connectivity index (χ0n) is 19.8. The number of amides is 1. The van der Waals surface area contributed by atoms with E-state index in [0.29, 0.717) is 23.6 Å². The second-order valence-electron chi connectivity index (χ2n) is 7.36. The average Bonchev–Trinajstić information content (AvgIpc) is 2.86. The first-order valence-corrected chi connectivity index (χ1v) is 11.2. The van der Waals surface area contributed by atoms with E-state index in [1.165, 1.54) is 26.4 Å². The molecule has 0 saturated carbocycles. The van der Waals surface area contributed by atoms with Gasteiger partial charge in [0, 0.05) is 5.56 Å². The third kappa shape index (κ3) is 8.61. The van der Waals surface area contributed by atoms with Crippen LogP contribution >= 0.6 is 0 Å². The SMILES string of the molecule is CCCCCCCOc1ccc(C(=O)Nc2ccccc2O/C(=C/C(=O)OC)C(=O)OC)cc1. The first kappa shape index (κ1) is 26.4. The molecule has 2 aromatic carbocycles. The number of anilines is 1. The molecule has 8 heteroatoms. The van der Waals surface area contributed by atoms with Gasteiger partial charge in [-0.25, -0.2) is 9.59 Å². The highest BCUT2D eigenvalue weighted by Crippen LogP contribution is 2.27. The van der Waals surface area contributed by atoms with E-state index in [-0.39, 0.29) is 17.4 Å². The summed E-state index contributed by atoms with van der Waals surface area (Å²) in [5.41, 5.74) is 0.725. The Hall–Kier alpha value is -3.81. The number of nitrogens with one attached hydrogen (secondary N) is 1. The molecule has 0 radical (unpaired) electrons. The second kappa shape index (κ2) is 14.4. The minimum Gasteiger partial charge on any atom is -0.494 e. The highest BCUT2D eigenvalue weighted by atomic mass is 16.6. The third-order valence-electron chi connectivity index (χ3n) is 4.83. The Morgan fingerprint density at radius 1 is 0.882 bits per heavy atom. The lowest BCUT2D eigenvalue weighted by atomic mass is 10.1. The average molecular weight is 470 g/mol. The van der Waals surface area contributed by atoms with Crippen molar-refractivity contribution >= 4 is 23.5 Å². The van der Waals surface area contributed by atoms with Gasteiger partial charge < -0.3 is 24.3 Å². The van der Waals surface area contributed by atoms with Crippen molar-refractivity contribution < 1.29 is 33.3 Å². The van der Waals surface area contributed by atoms with Gasteiger partial charge in [-0.05, 0) is 42.8 Å². The van der Waals surface area contributed by atoms with Crippen LogP contribution in [0.3, 0.4) is 0 Å². The molecule has 0 aliphatic rings. The quantitative estimate of drug-likeness (QED) is 0.193. The largest absolute Gasteiger partial charge is 0.494 e. The van der Waals surface area contributed by atoms with E-state index >= 15 is 0 Å². The van der Waals surface area contributed by atoms with Crippen molar-refractivity contribution in [1.29, 1.82) is 0 Å². The van der Waals surface area contributed by atoms with Crippen LogP contribution in [0.5, 0.6) is 11.5 Å². The summed E-state index contributed by atoms with van der Waals surface area (Å²) < 4.78 is 20.5. The lowest BCUT2D eigenvalue weighted by molar-refractivity contribution is -0.140. The number of esters is 2. The van der Waals surface area contributed by atoms with E-state index in [9.17, 15) is 14.4 Å². The topological polar surface area (TPSA) is 100 Å². The molecular formula is C26H31NO7. The molecular weight excluding hydrogens is 438 g/mol. The number of para-hydroxylation sites is 2. The van der Waals surface area contributed by atoms with Crippen LogP contribution in [0, 0.1) is 0 Å². The Labute approximate surface area is 199 Å². The van der Waals surface area contributed by atoms with Crippen LogP contribution in [0.15, 0.2) is 60.4 Å². The zero-order chi connectivity index (χ0) is 24.8. The van der Waals surface area contributed by atoms with Gasteiger partial charge in [0.1, 0.15) is 5.75 Å². The molecule has 0 aliphatic carbocycles. The molecule has 0 unspecified atom stereocenters. The van der Waals surface area contributed by atoms with Crippen LogP contribution in [-0.4, -0.2) is 38.7 Å². The van der Waals surface area contributed by atoms with Crippen LogP contribution in [0.4, 0.5) is 5.69 Å². The van der Waals surface area contributed by atoms with Gasteiger partial charge in [-0.2, -0.15) is 0 Å². The Morgan fingerprint density at radius 3 is 2.26 bits per heavy atom. The predicted molar refractivity (Wildman–Crippen MR) is 128 cm³/mol. The first-order valence-electron chi connectivity index (χ1n) is 11.2. The number of rotatable bonds is 13. The molecule has 0 bridgehead atoms. The van der Waals surface area contributed by atoms with Gasteiger partial charge in [0.25, 0.3) is 5.91 Å². The lowest BCUT2D eigenvalue weighted by Gasteiger charge is -2.13. The zero-order valence-corrected chi connectivity index (χ0v) is 19.8. The van der Waals surface area contributed by atoms with E-state index in [1.54, 1.807) is 48.5 Å². The molecule has 0 spiro atoms. The van der Waals surface area contributed by atoms with E-state index in [1.807, 2.05) is 0 Å². The highest BCUT2D eigenvalue weighted by Gasteiger charge is 2.18. The number of carbonyl (C=O) groups excluding carboxylic acids is 3. The Kier molecular flexibility index (Phi) is 11.2. The van der Waals surface area contributed by atoms with Crippen molar-refractivity contribution in [2.75, 3.05) is 26.1 Å². The van der Waals surface area contributed by atoms with Gasteiger partial charge in [-0.3, -0.25) is 4.79 Å². The number of benzene rings is 2. The van der Waals surface area contributed by atoms with Gasteiger partial charge in [-0.15, -0.1) is 0 Å². The standard InChI is InChI=1S/C26H31NO7/c1-4-5-6-7-10-17-33-20-15-13-19(14-16-20)25(29)27-21-11-8-9-12-22(21)34-23(26(30)32-3)18-24(28)31-2/h8-9,11-16,18H,4-7,10,17H2,1-3H3,(H,27,29)/b23-18+. The second-order valence-corrected chi connectivity index (χ2v) is 7.36. The fourth-order valence-corrected chi connectivity index (χ4v) is 2.97. The minimum absolute atomic E-state index is 0.152. The molecule has 34 heavy (non-hydrogen) atoms. The molecule has 2 aromatic rings. The van der Waals surface area contributed by atoms with Crippen LogP contribution in [0.2, 0.25) is 0 Å². The number of hydrogen-bond donors (Lipinski definition) is 1. The fourth-order valence-electron chi connectivity index (χ4n) is 2.97. The first-order chi connectivity index (χ1) is 16.5. The molecule has 0 saturated heterocycles. The van der Waals surface area contributed by atoms with Crippen LogP contribution in [0.1, 0.15) is 49.4 Å². The molecule has 2 rings (SSSR count). The summed E-state index contributed by atoms with van der Waals surface area (Å²) in [4.78, 5) is 36.3. The summed E-state index contributed by atoms with van der Waals surface area (Å²) in [5.74, 6) is -1.56. The third-order valence-corrected chi connectivity index (χ3v) is 4.83. The Morgan fingerprint density at radius 2 is 1.59 bits per heavy atom. The van der Waals surface area contributed by atoms with E-state index < -0.39 is 11.9 Å². The molecule has 1 N–H and O–H groups in total. The summed E-state index contributed by atoms with van der Waals surface area (Å²) in [6, 6.07) is 13.3. The molecule has 0 atom stereocenters. The van der Waals surface area contributed by atoms with Gasteiger partial charge in [-0.1, -0.05) is 44.7 Å². The lowest BCUT2D eigenvalue weighted by Crippen LogP contribution is -2.16. The predicted octanol–water partition coefficient (Wildman–Crippen LogP) is 4.90. The number of ether oxygens (including phenoxy) is 4. The number of hydrogen-bond acceptors (Lipinski definition) is 7.